The van der Waals surface area contributed by atoms with Crippen LogP contribution < -0.4 is 0 Å². The lowest BCUT2D eigenvalue weighted by Crippen LogP contribution is -2.39. The predicted molar refractivity (Wildman–Crippen MR) is 90.8 cm³/mol. The third-order valence-electron chi connectivity index (χ3n) is 4.37. The van der Waals surface area contributed by atoms with Crippen LogP contribution in [-0.2, 0) is 24.8 Å². The maximum atomic E-state index is 12.9. The summed E-state index contributed by atoms with van der Waals surface area (Å²) in [5.41, 5.74) is 3.78. The number of carbonyl (C=O) groups excluding carboxylic acids is 1. The molecule has 0 fully saturated rings. The van der Waals surface area contributed by atoms with Gasteiger partial charge in [-0.3, -0.25) is 14.5 Å². The number of amides is 1. The number of aryl methyl sites for hydroxylation is 2. The second kappa shape index (κ2) is 7.13. The molecule has 2 aromatic rings. The van der Waals surface area contributed by atoms with Crippen molar-refractivity contribution in [3.63, 3.8) is 0 Å². The second-order valence-electron chi connectivity index (χ2n) is 6.15. The van der Waals surface area contributed by atoms with Gasteiger partial charge in [-0.05, 0) is 25.5 Å². The molecular formula is C18H24N4O2. The van der Waals surface area contributed by atoms with Gasteiger partial charge in [-0.2, -0.15) is 5.10 Å². The Morgan fingerprint density at radius 2 is 2.21 bits per heavy atom. The number of nitrogens with zero attached hydrogens (tertiary/aromatic N) is 4. The van der Waals surface area contributed by atoms with Crippen LogP contribution in [0.2, 0.25) is 0 Å². The average molecular weight is 328 g/mol. The van der Waals surface area contributed by atoms with Crippen LogP contribution in [-0.4, -0.2) is 45.3 Å². The number of hydrogen-bond donors (Lipinski definition) is 0. The van der Waals surface area contributed by atoms with Gasteiger partial charge in [0.2, 0.25) is 0 Å². The Balaban J connectivity index is 1.81. The minimum atomic E-state index is 0.0150. The van der Waals surface area contributed by atoms with Crippen LogP contribution >= 0.6 is 0 Å². The third kappa shape index (κ3) is 3.33. The topological polar surface area (TPSA) is 60.2 Å². The Labute approximate surface area is 142 Å². The van der Waals surface area contributed by atoms with Crippen molar-refractivity contribution < 1.29 is 9.53 Å². The lowest BCUT2D eigenvalue weighted by Gasteiger charge is -2.32. The van der Waals surface area contributed by atoms with Crippen molar-refractivity contribution in [2.24, 2.45) is 7.05 Å². The molecule has 3 rings (SSSR count). The van der Waals surface area contributed by atoms with E-state index in [1.165, 1.54) is 0 Å². The second-order valence-corrected chi connectivity index (χ2v) is 6.15. The summed E-state index contributed by atoms with van der Waals surface area (Å²) in [6.07, 6.45) is 4.54. The van der Waals surface area contributed by atoms with E-state index in [0.29, 0.717) is 31.9 Å². The first-order valence-corrected chi connectivity index (χ1v) is 8.46. The molecule has 0 saturated carbocycles. The van der Waals surface area contributed by atoms with Gasteiger partial charge in [0.05, 0.1) is 17.9 Å². The molecule has 1 aliphatic heterocycles. The van der Waals surface area contributed by atoms with Crippen molar-refractivity contribution in [2.75, 3.05) is 19.8 Å². The fourth-order valence-electron chi connectivity index (χ4n) is 3.13. The van der Waals surface area contributed by atoms with Crippen LogP contribution in [0.5, 0.6) is 0 Å². The highest BCUT2D eigenvalue weighted by Gasteiger charge is 2.31. The Bertz CT molecular complexity index is 708. The molecule has 0 N–H and O–H groups in total. The van der Waals surface area contributed by atoms with Crippen LogP contribution in [0.1, 0.15) is 47.1 Å². The van der Waals surface area contributed by atoms with E-state index in [1.807, 2.05) is 41.9 Å². The van der Waals surface area contributed by atoms with Crippen molar-refractivity contribution in [1.29, 1.82) is 0 Å². The Kier molecular flexibility index (Phi) is 4.94. The molecule has 6 nitrogen and oxygen atoms in total. The van der Waals surface area contributed by atoms with Crippen molar-refractivity contribution in [2.45, 2.75) is 32.7 Å². The fraction of sp³-hybridized carbons (Fsp3) is 0.500. The number of rotatable bonds is 5. The number of ether oxygens (including phenoxy) is 1. The molecule has 1 aliphatic rings. The maximum Gasteiger partial charge on any atom is 0.255 e. The van der Waals surface area contributed by atoms with Gasteiger partial charge in [0.1, 0.15) is 0 Å². The highest BCUT2D eigenvalue weighted by molar-refractivity contribution is 5.94. The summed E-state index contributed by atoms with van der Waals surface area (Å²) in [6.45, 7) is 6.48. The Hall–Kier alpha value is -2.21. The summed E-state index contributed by atoms with van der Waals surface area (Å²) in [5, 5.41) is 4.56. The van der Waals surface area contributed by atoms with E-state index in [9.17, 15) is 4.79 Å². The lowest BCUT2D eigenvalue weighted by atomic mass is 9.96. The van der Waals surface area contributed by atoms with Crippen molar-refractivity contribution in [3.8, 4) is 0 Å². The molecule has 0 aliphatic carbocycles. The van der Waals surface area contributed by atoms with Crippen molar-refractivity contribution in [1.82, 2.24) is 19.7 Å². The van der Waals surface area contributed by atoms with Crippen LogP contribution in [0.25, 0.3) is 0 Å². The molecule has 128 valence electrons. The number of aromatic nitrogens is 3. The van der Waals surface area contributed by atoms with Gasteiger partial charge in [-0.15, -0.1) is 0 Å². The number of fused-ring (bicyclic) bond motifs is 1. The van der Waals surface area contributed by atoms with E-state index < -0.39 is 0 Å². The Morgan fingerprint density at radius 1 is 1.38 bits per heavy atom. The zero-order chi connectivity index (χ0) is 17.1. The molecular weight excluding hydrogens is 304 g/mol. The van der Waals surface area contributed by atoms with E-state index >= 15 is 0 Å². The minimum Gasteiger partial charge on any atom is -0.381 e. The molecule has 1 amide bonds. The number of carbonyl (C=O) groups is 1. The summed E-state index contributed by atoms with van der Waals surface area (Å²) in [5.74, 6) is 0.128. The Morgan fingerprint density at radius 3 is 2.88 bits per heavy atom. The normalized spacial score (nSPS) is 17.0. The summed E-state index contributed by atoms with van der Waals surface area (Å²) in [6, 6.07) is 3.79. The number of pyridine rings is 1. The minimum absolute atomic E-state index is 0.0150. The van der Waals surface area contributed by atoms with Crippen LogP contribution in [0, 0.1) is 0 Å². The van der Waals surface area contributed by atoms with E-state index in [0.717, 1.165) is 23.4 Å². The van der Waals surface area contributed by atoms with E-state index in [2.05, 4.69) is 17.0 Å². The maximum absolute atomic E-state index is 12.9. The van der Waals surface area contributed by atoms with E-state index in [4.69, 9.17) is 4.74 Å². The molecule has 0 bridgehead atoms. The lowest BCUT2D eigenvalue weighted by molar-refractivity contribution is 0.0651. The summed E-state index contributed by atoms with van der Waals surface area (Å²) in [7, 11) is 1.91. The highest BCUT2D eigenvalue weighted by Crippen LogP contribution is 2.28. The zero-order valence-electron chi connectivity index (χ0n) is 14.5. The zero-order valence-corrected chi connectivity index (χ0v) is 14.5. The quantitative estimate of drug-likeness (QED) is 0.844. The average Bonchev–Trinajstić information content (AvgIpc) is 2.99. The largest absolute Gasteiger partial charge is 0.381 e. The van der Waals surface area contributed by atoms with Gasteiger partial charge < -0.3 is 9.64 Å². The molecule has 0 saturated heterocycles. The van der Waals surface area contributed by atoms with Crippen LogP contribution in [0.15, 0.2) is 24.5 Å². The van der Waals surface area contributed by atoms with E-state index in [1.54, 1.807) is 6.20 Å². The fourth-order valence-corrected chi connectivity index (χ4v) is 3.13. The van der Waals surface area contributed by atoms with Crippen molar-refractivity contribution >= 4 is 5.91 Å². The summed E-state index contributed by atoms with van der Waals surface area (Å²) >= 11 is 0. The van der Waals surface area contributed by atoms with Crippen LogP contribution in [0.3, 0.4) is 0 Å². The molecule has 2 aromatic heterocycles. The van der Waals surface area contributed by atoms with E-state index in [-0.39, 0.29) is 11.8 Å². The molecule has 1 atom stereocenters. The molecule has 1 unspecified atom stereocenters. The smallest absolute Gasteiger partial charge is 0.255 e. The monoisotopic (exact) mass is 328 g/mol. The van der Waals surface area contributed by atoms with Gasteiger partial charge >= 0.3 is 0 Å². The molecule has 0 aromatic carbocycles. The third-order valence-corrected chi connectivity index (χ3v) is 4.37. The molecule has 6 heteroatoms. The highest BCUT2D eigenvalue weighted by atomic mass is 16.5. The van der Waals surface area contributed by atoms with Gasteiger partial charge in [0.15, 0.2) is 0 Å². The first-order chi connectivity index (χ1) is 11.6. The summed E-state index contributed by atoms with van der Waals surface area (Å²) < 4.78 is 7.42. The van der Waals surface area contributed by atoms with Gasteiger partial charge in [0, 0.05) is 56.3 Å². The molecule has 0 radical (unpaired) electrons. The number of hydrogen-bond acceptors (Lipinski definition) is 4. The summed E-state index contributed by atoms with van der Waals surface area (Å²) in [4.78, 5) is 19.1. The van der Waals surface area contributed by atoms with Gasteiger partial charge in [-0.25, -0.2) is 0 Å². The molecule has 24 heavy (non-hydrogen) atoms. The standard InChI is InChI=1S/C18H24N4O2/c1-4-16-7-6-13(8-19-16)18(23)22-10-14-9-21(3)20-17(14)15(11-22)12-24-5-2/h6-9,15H,4-5,10-12H2,1-3H3. The van der Waals surface area contributed by atoms with Crippen LogP contribution in [0.4, 0.5) is 0 Å². The molecule has 3 heterocycles. The predicted octanol–water partition coefficient (Wildman–Crippen LogP) is 2.15. The SMILES string of the molecule is CCOCC1CN(C(=O)c2ccc(CC)nc2)Cc2cn(C)nc21. The first kappa shape index (κ1) is 16.6. The van der Waals surface area contributed by atoms with Gasteiger partial charge in [-0.1, -0.05) is 6.92 Å². The molecule has 0 spiro atoms. The van der Waals surface area contributed by atoms with Crippen molar-refractivity contribution in [3.05, 3.63) is 47.0 Å². The van der Waals surface area contributed by atoms with Gasteiger partial charge in [0.25, 0.3) is 5.91 Å². The first-order valence-electron chi connectivity index (χ1n) is 8.46.